The van der Waals surface area contributed by atoms with Crippen LogP contribution in [0.3, 0.4) is 0 Å². The molecule has 0 amide bonds. The topological polar surface area (TPSA) is 51.8 Å². The Kier molecular flexibility index (Phi) is 2.37. The maximum atomic E-state index is 5.77. The van der Waals surface area contributed by atoms with Crippen molar-refractivity contribution in [2.75, 3.05) is 5.73 Å². The van der Waals surface area contributed by atoms with Crippen molar-refractivity contribution in [2.24, 2.45) is 0 Å². The number of nitrogens with two attached hydrogens (primary N) is 1. The lowest BCUT2D eigenvalue weighted by atomic mass is 9.98. The lowest BCUT2D eigenvalue weighted by molar-refractivity contribution is 0.916. The molecule has 0 bridgehead atoms. The van der Waals surface area contributed by atoms with Crippen molar-refractivity contribution in [3.63, 3.8) is 0 Å². The van der Waals surface area contributed by atoms with Crippen LogP contribution in [0.15, 0.2) is 36.4 Å². The first-order valence-corrected chi connectivity index (χ1v) is 5.73. The smallest absolute Gasteiger partial charge is 0.220 e. The van der Waals surface area contributed by atoms with Gasteiger partial charge in [-0.25, -0.2) is 9.97 Å². The molecular formula is C14H13N3. The van der Waals surface area contributed by atoms with Crippen LogP contribution in [-0.4, -0.2) is 9.97 Å². The predicted molar refractivity (Wildman–Crippen MR) is 69.2 cm³/mol. The van der Waals surface area contributed by atoms with Gasteiger partial charge >= 0.3 is 0 Å². The van der Waals surface area contributed by atoms with E-state index in [0.29, 0.717) is 5.95 Å². The molecule has 1 aliphatic rings. The fraction of sp³-hybridized carbons (Fsp3) is 0.143. The van der Waals surface area contributed by atoms with Gasteiger partial charge in [0.1, 0.15) is 0 Å². The van der Waals surface area contributed by atoms with Gasteiger partial charge in [0.2, 0.25) is 5.95 Å². The average molecular weight is 223 g/mol. The van der Waals surface area contributed by atoms with Crippen LogP contribution in [0.5, 0.6) is 0 Å². The lowest BCUT2D eigenvalue weighted by Crippen LogP contribution is -2.06. The van der Waals surface area contributed by atoms with E-state index in [1.165, 1.54) is 0 Å². The minimum absolute atomic E-state index is 0.359. The number of hydrogen-bond acceptors (Lipinski definition) is 3. The van der Waals surface area contributed by atoms with Crippen LogP contribution in [0.1, 0.15) is 17.7 Å². The molecule has 1 aliphatic carbocycles. The summed E-state index contributed by atoms with van der Waals surface area (Å²) < 4.78 is 0. The molecule has 2 aromatic rings. The van der Waals surface area contributed by atoms with Crippen molar-refractivity contribution in [3.05, 3.63) is 47.7 Å². The van der Waals surface area contributed by atoms with Crippen molar-refractivity contribution in [1.29, 1.82) is 0 Å². The number of anilines is 1. The summed E-state index contributed by atoms with van der Waals surface area (Å²) in [6, 6.07) is 10.1. The summed E-state index contributed by atoms with van der Waals surface area (Å²) in [5.74, 6) is 0.359. The number of fused-ring (bicyclic) bond motifs is 1. The van der Waals surface area contributed by atoms with Crippen molar-refractivity contribution in [1.82, 2.24) is 9.97 Å². The molecule has 0 saturated carbocycles. The van der Waals surface area contributed by atoms with E-state index in [-0.39, 0.29) is 0 Å². The largest absolute Gasteiger partial charge is 0.368 e. The number of nitrogens with zero attached hydrogens (tertiary/aromatic N) is 2. The van der Waals surface area contributed by atoms with Crippen molar-refractivity contribution < 1.29 is 0 Å². The maximum Gasteiger partial charge on any atom is 0.220 e. The average Bonchev–Trinajstić information content (AvgIpc) is 2.39. The fourth-order valence-electron chi connectivity index (χ4n) is 2.14. The molecule has 1 aromatic heterocycles. The van der Waals surface area contributed by atoms with E-state index in [1.54, 1.807) is 0 Å². The standard InChI is InChI=1S/C14H13N3/c15-14-16-12-9-5-4-8-11(12)13(17-14)10-6-2-1-3-7-10/h1-4,6-8H,5,9H2,(H2,15,16,17). The molecule has 17 heavy (non-hydrogen) atoms. The van der Waals surface area contributed by atoms with Gasteiger partial charge in [-0.2, -0.15) is 0 Å². The van der Waals surface area contributed by atoms with Crippen LogP contribution in [0.2, 0.25) is 0 Å². The molecule has 2 N–H and O–H groups in total. The summed E-state index contributed by atoms with van der Waals surface area (Å²) in [7, 11) is 0. The Morgan fingerprint density at radius 1 is 1.06 bits per heavy atom. The van der Waals surface area contributed by atoms with Crippen LogP contribution in [0.4, 0.5) is 5.95 Å². The van der Waals surface area contributed by atoms with E-state index < -0.39 is 0 Å². The Hall–Kier alpha value is -2.16. The molecule has 0 saturated heterocycles. The Bertz CT molecular complexity index is 574. The molecule has 84 valence electrons. The monoisotopic (exact) mass is 223 g/mol. The van der Waals surface area contributed by atoms with Crippen LogP contribution >= 0.6 is 0 Å². The summed E-state index contributed by atoms with van der Waals surface area (Å²) in [4.78, 5) is 8.69. The second-order valence-electron chi connectivity index (χ2n) is 4.10. The summed E-state index contributed by atoms with van der Waals surface area (Å²) in [5, 5.41) is 0. The van der Waals surface area contributed by atoms with Crippen LogP contribution in [-0.2, 0) is 6.42 Å². The van der Waals surface area contributed by atoms with E-state index in [1.807, 2.05) is 30.3 Å². The highest BCUT2D eigenvalue weighted by molar-refractivity contribution is 5.74. The second kappa shape index (κ2) is 4.01. The minimum Gasteiger partial charge on any atom is -0.368 e. The summed E-state index contributed by atoms with van der Waals surface area (Å²) in [6.45, 7) is 0. The quantitative estimate of drug-likeness (QED) is 0.808. The number of aryl methyl sites for hydroxylation is 1. The van der Waals surface area contributed by atoms with Crippen LogP contribution in [0.25, 0.3) is 17.3 Å². The first-order chi connectivity index (χ1) is 8.34. The Balaban J connectivity index is 2.24. The SMILES string of the molecule is Nc1nc2c(c(-c3ccccc3)n1)C=CCC2. The van der Waals surface area contributed by atoms with Gasteiger partial charge in [-0.15, -0.1) is 0 Å². The highest BCUT2D eigenvalue weighted by Crippen LogP contribution is 2.28. The van der Waals surface area contributed by atoms with E-state index in [2.05, 4.69) is 22.1 Å². The molecule has 0 radical (unpaired) electrons. The molecule has 0 spiro atoms. The zero-order valence-electron chi connectivity index (χ0n) is 9.43. The number of nitrogen functional groups attached to an aromatic ring is 1. The third kappa shape index (κ3) is 1.80. The highest BCUT2D eigenvalue weighted by Gasteiger charge is 2.14. The number of rotatable bonds is 1. The van der Waals surface area contributed by atoms with Crippen LogP contribution < -0.4 is 5.73 Å². The maximum absolute atomic E-state index is 5.77. The summed E-state index contributed by atoms with van der Waals surface area (Å²) >= 11 is 0. The molecule has 1 aromatic carbocycles. The Morgan fingerprint density at radius 3 is 2.71 bits per heavy atom. The molecule has 1 heterocycles. The molecule has 0 unspecified atom stereocenters. The predicted octanol–water partition coefficient (Wildman–Crippen LogP) is 2.69. The van der Waals surface area contributed by atoms with Gasteiger partial charge in [-0.1, -0.05) is 42.5 Å². The Labute approximate surface area is 100 Å². The molecule has 0 fully saturated rings. The van der Waals surface area contributed by atoms with Gasteiger partial charge in [0.25, 0.3) is 0 Å². The summed E-state index contributed by atoms with van der Waals surface area (Å²) in [5.41, 5.74) is 9.96. The van der Waals surface area contributed by atoms with Gasteiger partial charge in [-0.3, -0.25) is 0 Å². The zero-order chi connectivity index (χ0) is 11.7. The fourth-order valence-corrected chi connectivity index (χ4v) is 2.14. The minimum atomic E-state index is 0.359. The van der Waals surface area contributed by atoms with Gasteiger partial charge in [-0.05, 0) is 12.8 Å². The number of aromatic nitrogens is 2. The van der Waals surface area contributed by atoms with E-state index in [9.17, 15) is 0 Å². The first kappa shape index (κ1) is 10.0. The van der Waals surface area contributed by atoms with Gasteiger partial charge in [0, 0.05) is 11.1 Å². The molecule has 3 rings (SSSR count). The third-order valence-electron chi connectivity index (χ3n) is 2.92. The third-order valence-corrected chi connectivity index (χ3v) is 2.92. The Morgan fingerprint density at radius 2 is 1.88 bits per heavy atom. The molecule has 3 nitrogen and oxygen atoms in total. The van der Waals surface area contributed by atoms with Crippen molar-refractivity contribution in [2.45, 2.75) is 12.8 Å². The van der Waals surface area contributed by atoms with Gasteiger partial charge in [0.15, 0.2) is 0 Å². The first-order valence-electron chi connectivity index (χ1n) is 5.73. The van der Waals surface area contributed by atoms with E-state index in [0.717, 1.165) is 35.4 Å². The molecule has 3 heteroatoms. The lowest BCUT2D eigenvalue weighted by Gasteiger charge is -2.14. The zero-order valence-corrected chi connectivity index (χ0v) is 9.43. The molecular weight excluding hydrogens is 210 g/mol. The highest BCUT2D eigenvalue weighted by atomic mass is 15.0. The van der Waals surface area contributed by atoms with Crippen molar-refractivity contribution in [3.8, 4) is 11.3 Å². The van der Waals surface area contributed by atoms with E-state index >= 15 is 0 Å². The van der Waals surface area contributed by atoms with Crippen molar-refractivity contribution >= 4 is 12.0 Å². The summed E-state index contributed by atoms with van der Waals surface area (Å²) in [6.07, 6.45) is 6.23. The van der Waals surface area contributed by atoms with E-state index in [4.69, 9.17) is 5.73 Å². The number of hydrogen-bond donors (Lipinski definition) is 1. The number of benzene rings is 1. The second-order valence-corrected chi connectivity index (χ2v) is 4.10. The molecule has 0 atom stereocenters. The number of allylic oxidation sites excluding steroid dienone is 1. The van der Waals surface area contributed by atoms with Crippen LogP contribution in [0, 0.1) is 0 Å². The normalized spacial score (nSPS) is 13.4. The van der Waals surface area contributed by atoms with Gasteiger partial charge < -0.3 is 5.73 Å². The van der Waals surface area contributed by atoms with Gasteiger partial charge in [0.05, 0.1) is 11.4 Å². The molecule has 0 aliphatic heterocycles.